The summed E-state index contributed by atoms with van der Waals surface area (Å²) in [5, 5.41) is 6.23. The van der Waals surface area contributed by atoms with E-state index < -0.39 is 6.04 Å². The minimum Gasteiger partial charge on any atom is -0.455 e. The van der Waals surface area contributed by atoms with Gasteiger partial charge in [0.2, 0.25) is 5.91 Å². The first kappa shape index (κ1) is 18.5. The van der Waals surface area contributed by atoms with Gasteiger partial charge < -0.3 is 20.0 Å². The lowest BCUT2D eigenvalue weighted by Crippen LogP contribution is -2.59. The van der Waals surface area contributed by atoms with E-state index >= 15 is 0 Å². The quantitative estimate of drug-likeness (QED) is 0.810. The topological polar surface area (TPSA) is 77.8 Å². The molecule has 4 rings (SSSR count). The zero-order chi connectivity index (χ0) is 18.8. The smallest absolute Gasteiger partial charge is 0.290 e. The van der Waals surface area contributed by atoms with Gasteiger partial charge in [-0.1, -0.05) is 6.92 Å². The number of carbonyl (C=O) groups is 2. The van der Waals surface area contributed by atoms with E-state index in [9.17, 15) is 9.59 Å². The predicted octanol–water partition coefficient (Wildman–Crippen LogP) is 1.20. The van der Waals surface area contributed by atoms with Gasteiger partial charge in [-0.2, -0.15) is 0 Å². The van der Waals surface area contributed by atoms with Gasteiger partial charge in [0.25, 0.3) is 5.91 Å². The van der Waals surface area contributed by atoms with Gasteiger partial charge in [0.15, 0.2) is 5.76 Å². The molecule has 2 saturated heterocycles. The summed E-state index contributed by atoms with van der Waals surface area (Å²) in [5.41, 5.74) is 0. The van der Waals surface area contributed by atoms with Gasteiger partial charge in [-0.3, -0.25) is 14.5 Å². The highest BCUT2D eigenvalue weighted by Gasteiger charge is 2.36. The molecule has 1 aromatic heterocycles. The van der Waals surface area contributed by atoms with E-state index in [2.05, 4.69) is 22.5 Å². The van der Waals surface area contributed by atoms with Crippen LogP contribution in [0.15, 0.2) is 16.5 Å². The molecule has 1 aliphatic carbocycles. The van der Waals surface area contributed by atoms with Crippen molar-refractivity contribution in [1.82, 2.24) is 20.4 Å². The highest BCUT2D eigenvalue weighted by atomic mass is 16.4. The molecule has 27 heavy (non-hydrogen) atoms. The second-order valence-corrected chi connectivity index (χ2v) is 8.23. The summed E-state index contributed by atoms with van der Waals surface area (Å²) in [6, 6.07) is 3.47. The van der Waals surface area contributed by atoms with Crippen LogP contribution in [0, 0.1) is 5.92 Å². The average Bonchev–Trinajstić information content (AvgIpc) is 3.38. The molecule has 0 unspecified atom stereocenters. The molecule has 2 N–H and O–H groups in total. The van der Waals surface area contributed by atoms with Gasteiger partial charge >= 0.3 is 0 Å². The third-order valence-electron chi connectivity index (χ3n) is 5.86. The summed E-state index contributed by atoms with van der Waals surface area (Å²) in [4.78, 5) is 29.5. The van der Waals surface area contributed by atoms with Crippen LogP contribution < -0.4 is 10.6 Å². The van der Waals surface area contributed by atoms with Crippen LogP contribution in [-0.4, -0.2) is 66.4 Å². The van der Waals surface area contributed by atoms with Crippen molar-refractivity contribution in [1.29, 1.82) is 0 Å². The van der Waals surface area contributed by atoms with Gasteiger partial charge in [0.1, 0.15) is 11.8 Å². The van der Waals surface area contributed by atoms with Crippen LogP contribution in [0.1, 0.15) is 48.9 Å². The number of hydrogen-bond donors (Lipinski definition) is 2. The van der Waals surface area contributed by atoms with Crippen molar-refractivity contribution >= 4 is 11.8 Å². The molecule has 2 amide bonds. The lowest BCUT2D eigenvalue weighted by molar-refractivity contribution is -0.126. The minimum absolute atomic E-state index is 0.0627. The van der Waals surface area contributed by atoms with Crippen molar-refractivity contribution in [2.45, 2.75) is 51.2 Å². The number of nitrogens with zero attached hydrogens (tertiary/aromatic N) is 2. The fourth-order valence-electron chi connectivity index (χ4n) is 3.87. The first-order chi connectivity index (χ1) is 13.1. The fourth-order valence-corrected chi connectivity index (χ4v) is 3.87. The molecule has 3 aliphatic rings. The van der Waals surface area contributed by atoms with Gasteiger partial charge in [-0.15, -0.1) is 0 Å². The largest absolute Gasteiger partial charge is 0.455 e. The number of nitrogens with one attached hydrogen (secondary N) is 2. The average molecular weight is 374 g/mol. The van der Waals surface area contributed by atoms with Crippen molar-refractivity contribution in [3.8, 4) is 0 Å². The molecule has 0 radical (unpaired) electrons. The molecule has 1 saturated carbocycles. The van der Waals surface area contributed by atoms with Crippen LogP contribution in [-0.2, 0) is 11.3 Å². The van der Waals surface area contributed by atoms with Crippen molar-refractivity contribution in [3.63, 3.8) is 0 Å². The first-order valence-corrected chi connectivity index (χ1v) is 10.2. The molecule has 0 aromatic carbocycles. The van der Waals surface area contributed by atoms with Crippen LogP contribution in [0.25, 0.3) is 0 Å². The normalized spacial score (nSPS) is 24.8. The Morgan fingerprint density at radius 3 is 2.70 bits per heavy atom. The van der Waals surface area contributed by atoms with Gasteiger partial charge in [-0.25, -0.2) is 0 Å². The lowest BCUT2D eigenvalue weighted by atomic mass is 9.99. The van der Waals surface area contributed by atoms with Crippen molar-refractivity contribution in [3.05, 3.63) is 23.7 Å². The van der Waals surface area contributed by atoms with Crippen LogP contribution in [0.3, 0.4) is 0 Å². The van der Waals surface area contributed by atoms with E-state index in [1.165, 1.54) is 12.8 Å². The standard InChI is InChI=1S/C20H30N4O3/c1-14-6-9-23(10-7-14)13-16-4-5-18(27-16)20(26)24-11-8-21-12-17(24)19(25)22-15-2-3-15/h4-5,14-15,17,21H,2-3,6-13H2,1H3,(H,22,25)/t17-/m1/s1. The Bertz CT molecular complexity index is 677. The summed E-state index contributed by atoms with van der Waals surface area (Å²) >= 11 is 0. The monoisotopic (exact) mass is 374 g/mol. The van der Waals surface area contributed by atoms with Crippen LogP contribution >= 0.6 is 0 Å². The molecule has 0 bridgehead atoms. The molecule has 2 aliphatic heterocycles. The number of carbonyl (C=O) groups excluding carboxylic acids is 2. The number of likely N-dealkylation sites (tertiary alicyclic amines) is 1. The van der Waals surface area contributed by atoms with Gasteiger partial charge in [0, 0.05) is 25.7 Å². The molecule has 148 valence electrons. The summed E-state index contributed by atoms with van der Waals surface area (Å²) < 4.78 is 5.86. The number of amides is 2. The summed E-state index contributed by atoms with van der Waals surface area (Å²) in [6.07, 6.45) is 4.50. The van der Waals surface area contributed by atoms with Crippen molar-refractivity contribution in [2.24, 2.45) is 5.92 Å². The van der Waals surface area contributed by atoms with Crippen LogP contribution in [0.2, 0.25) is 0 Å². The number of piperazine rings is 1. The SMILES string of the molecule is CC1CCN(Cc2ccc(C(=O)N3CCNC[C@@H]3C(=O)NC3CC3)o2)CC1. The Kier molecular flexibility index (Phi) is 5.50. The Labute approximate surface area is 160 Å². The van der Waals surface area contributed by atoms with E-state index in [0.29, 0.717) is 31.4 Å². The second kappa shape index (κ2) is 8.02. The summed E-state index contributed by atoms with van der Waals surface area (Å²) in [5.74, 6) is 1.70. The van der Waals surface area contributed by atoms with Crippen LogP contribution in [0.4, 0.5) is 0 Å². The highest BCUT2D eigenvalue weighted by Crippen LogP contribution is 2.22. The van der Waals surface area contributed by atoms with Crippen molar-refractivity contribution in [2.75, 3.05) is 32.7 Å². The van der Waals surface area contributed by atoms with E-state index in [-0.39, 0.29) is 11.8 Å². The van der Waals surface area contributed by atoms with E-state index in [4.69, 9.17) is 4.42 Å². The Hall–Kier alpha value is -1.86. The number of hydrogen-bond acceptors (Lipinski definition) is 5. The summed E-state index contributed by atoms with van der Waals surface area (Å²) in [6.45, 7) is 6.89. The zero-order valence-corrected chi connectivity index (χ0v) is 16.1. The number of piperidine rings is 1. The first-order valence-electron chi connectivity index (χ1n) is 10.2. The molecule has 7 nitrogen and oxygen atoms in total. The van der Waals surface area contributed by atoms with E-state index in [1.807, 2.05) is 6.07 Å². The molecule has 7 heteroatoms. The Balaban J connectivity index is 1.38. The molecule has 3 fully saturated rings. The zero-order valence-electron chi connectivity index (χ0n) is 16.1. The molecule has 0 spiro atoms. The predicted molar refractivity (Wildman–Crippen MR) is 101 cm³/mol. The van der Waals surface area contributed by atoms with Gasteiger partial charge in [0.05, 0.1) is 6.54 Å². The number of rotatable bonds is 5. The molecule has 3 heterocycles. The lowest BCUT2D eigenvalue weighted by Gasteiger charge is -2.34. The molecule has 1 aromatic rings. The number of furan rings is 1. The molecule has 1 atom stereocenters. The van der Waals surface area contributed by atoms with Crippen LogP contribution in [0.5, 0.6) is 0 Å². The van der Waals surface area contributed by atoms with Crippen molar-refractivity contribution < 1.29 is 14.0 Å². The summed E-state index contributed by atoms with van der Waals surface area (Å²) in [7, 11) is 0. The van der Waals surface area contributed by atoms with E-state index in [0.717, 1.165) is 44.2 Å². The Morgan fingerprint density at radius 2 is 1.96 bits per heavy atom. The maximum absolute atomic E-state index is 13.0. The third-order valence-corrected chi connectivity index (χ3v) is 5.86. The van der Waals surface area contributed by atoms with E-state index in [1.54, 1.807) is 11.0 Å². The Morgan fingerprint density at radius 1 is 1.19 bits per heavy atom. The molecular formula is C20H30N4O3. The fraction of sp³-hybridized carbons (Fsp3) is 0.700. The molecular weight excluding hydrogens is 344 g/mol. The minimum atomic E-state index is -0.469. The second-order valence-electron chi connectivity index (χ2n) is 8.23. The highest BCUT2D eigenvalue weighted by molar-refractivity contribution is 5.96. The van der Waals surface area contributed by atoms with Gasteiger partial charge in [-0.05, 0) is 56.8 Å². The maximum atomic E-state index is 13.0. The maximum Gasteiger partial charge on any atom is 0.290 e. The third kappa shape index (κ3) is 4.52.